The minimum Gasteiger partial charge on any atom is -0.444 e. The molecule has 4 amide bonds. The fourth-order valence-corrected chi connectivity index (χ4v) is 9.08. The minimum atomic E-state index is -0.968. The number of carbonyl (C=O) groups excluding carboxylic acids is 4. The molecule has 3 heterocycles. The van der Waals surface area contributed by atoms with Gasteiger partial charge in [-0.2, -0.15) is 0 Å². The van der Waals surface area contributed by atoms with E-state index in [0.717, 1.165) is 24.8 Å². The van der Waals surface area contributed by atoms with Crippen LogP contribution in [0, 0.1) is 23.2 Å². The summed E-state index contributed by atoms with van der Waals surface area (Å²) >= 11 is 0. The van der Waals surface area contributed by atoms with Crippen molar-refractivity contribution in [3.05, 3.63) is 35.4 Å². The maximum Gasteiger partial charge on any atom is 0.481 e. The number of nitrogens with one attached hydrogen (secondary N) is 2. The molecule has 8 atom stereocenters. The quantitative estimate of drug-likeness (QED) is 0.366. The van der Waals surface area contributed by atoms with Gasteiger partial charge < -0.3 is 39.2 Å². The van der Waals surface area contributed by atoms with E-state index in [0.29, 0.717) is 31.3 Å². The van der Waals surface area contributed by atoms with E-state index < -0.39 is 60.5 Å². The first kappa shape index (κ1) is 37.4. The number of rotatable bonds is 8. The fraction of sp³-hybridized carbons (Fsp3) is 0.737. The van der Waals surface area contributed by atoms with E-state index in [-0.39, 0.29) is 36.3 Å². The molecule has 2 bridgehead atoms. The van der Waals surface area contributed by atoms with Gasteiger partial charge in [-0.1, -0.05) is 58.9 Å². The van der Waals surface area contributed by atoms with Gasteiger partial charge in [0.1, 0.15) is 23.8 Å². The lowest BCUT2D eigenvalue weighted by Gasteiger charge is -2.64. The van der Waals surface area contributed by atoms with Crippen molar-refractivity contribution in [2.24, 2.45) is 23.2 Å². The van der Waals surface area contributed by atoms with Crippen LogP contribution in [0.1, 0.15) is 99.1 Å². The molecule has 0 aromatic heterocycles. The summed E-state index contributed by atoms with van der Waals surface area (Å²) in [5.41, 5.74) is 1.28. The zero-order chi connectivity index (χ0) is 37.0. The molecule has 0 unspecified atom stereocenters. The van der Waals surface area contributed by atoms with Gasteiger partial charge in [0.2, 0.25) is 11.8 Å². The Morgan fingerprint density at radius 2 is 1.75 bits per heavy atom. The molecule has 3 aliphatic heterocycles. The first-order valence-corrected chi connectivity index (χ1v) is 18.9. The molecule has 0 spiro atoms. The number of benzene rings is 1. The number of hydrogen-bond donors (Lipinski definition) is 2. The number of hydrogen-bond acceptors (Lipinski definition) is 8. The van der Waals surface area contributed by atoms with Crippen molar-refractivity contribution >= 4 is 31.1 Å². The van der Waals surface area contributed by atoms with Gasteiger partial charge in [-0.05, 0) is 87.7 Å². The van der Waals surface area contributed by atoms with E-state index in [2.05, 4.69) is 37.5 Å². The number of amides is 4. The summed E-state index contributed by atoms with van der Waals surface area (Å²) < 4.78 is 24.7. The second-order valence-corrected chi connectivity index (χ2v) is 17.4. The highest BCUT2D eigenvalue weighted by atomic mass is 16.7. The predicted octanol–water partition coefficient (Wildman–Crippen LogP) is 4.86. The van der Waals surface area contributed by atoms with E-state index in [1.165, 1.54) is 10.5 Å². The van der Waals surface area contributed by atoms with Crippen LogP contribution in [0.3, 0.4) is 0 Å². The molecule has 1 aromatic rings. The third kappa shape index (κ3) is 7.34. The second-order valence-electron chi connectivity index (χ2n) is 17.4. The summed E-state index contributed by atoms with van der Waals surface area (Å²) in [6, 6.07) is 6.12. The fourth-order valence-electron chi connectivity index (χ4n) is 9.08. The molecule has 2 N–H and O–H groups in total. The predicted molar refractivity (Wildman–Crippen MR) is 191 cm³/mol. The molecule has 2 saturated heterocycles. The summed E-state index contributed by atoms with van der Waals surface area (Å²) in [5.74, 6) is -0.608. The average molecular weight is 709 g/mol. The number of nitrogens with zero attached hydrogens (tertiary/aromatic N) is 2. The first-order chi connectivity index (χ1) is 23.9. The molecule has 6 aliphatic rings. The first-order valence-electron chi connectivity index (χ1n) is 18.9. The Morgan fingerprint density at radius 3 is 2.39 bits per heavy atom. The molecule has 280 valence electrons. The number of alkyl carbamates (subject to hydrolysis) is 1. The highest BCUT2D eigenvalue weighted by molar-refractivity contribution is 6.47. The van der Waals surface area contributed by atoms with Crippen LogP contribution in [0.15, 0.2) is 24.3 Å². The summed E-state index contributed by atoms with van der Waals surface area (Å²) in [6.07, 6.45) is 1.49. The molecule has 7 rings (SSSR count). The van der Waals surface area contributed by atoms with Gasteiger partial charge in [-0.15, -0.1) is 0 Å². The maximum atomic E-state index is 14.3. The third-order valence-electron chi connectivity index (χ3n) is 12.2. The van der Waals surface area contributed by atoms with Gasteiger partial charge in [0, 0.05) is 19.5 Å². The van der Waals surface area contributed by atoms with Gasteiger partial charge >= 0.3 is 19.3 Å². The van der Waals surface area contributed by atoms with Crippen LogP contribution < -0.4 is 10.6 Å². The van der Waals surface area contributed by atoms with Gasteiger partial charge in [0.15, 0.2) is 0 Å². The van der Waals surface area contributed by atoms with Gasteiger partial charge in [0.25, 0.3) is 0 Å². The summed E-state index contributed by atoms with van der Waals surface area (Å²) in [7, 11) is -0.623. The lowest BCUT2D eigenvalue weighted by atomic mass is 9.43. The molecule has 12 nitrogen and oxygen atoms in total. The van der Waals surface area contributed by atoms with E-state index in [1.807, 2.05) is 39.0 Å². The lowest BCUT2D eigenvalue weighted by molar-refractivity contribution is -0.199. The minimum absolute atomic E-state index is 0.0117. The number of carbonyl (C=O) groups is 4. The molecule has 13 heteroatoms. The van der Waals surface area contributed by atoms with Crippen molar-refractivity contribution in [2.75, 3.05) is 13.1 Å². The zero-order valence-corrected chi connectivity index (χ0v) is 31.8. The smallest absolute Gasteiger partial charge is 0.444 e. The van der Waals surface area contributed by atoms with Crippen molar-refractivity contribution in [1.29, 1.82) is 0 Å². The summed E-state index contributed by atoms with van der Waals surface area (Å²) in [5, 5.41) is 5.88. The Balaban J connectivity index is 1.18. The van der Waals surface area contributed by atoms with Crippen LogP contribution in [0.2, 0.25) is 0 Å². The zero-order valence-electron chi connectivity index (χ0n) is 31.8. The van der Waals surface area contributed by atoms with E-state index in [9.17, 15) is 19.2 Å². The van der Waals surface area contributed by atoms with Crippen molar-refractivity contribution in [3.63, 3.8) is 0 Å². The van der Waals surface area contributed by atoms with Crippen molar-refractivity contribution in [1.82, 2.24) is 20.4 Å². The third-order valence-corrected chi connectivity index (χ3v) is 12.2. The number of fused-ring (bicyclic) bond motifs is 1. The normalized spacial score (nSPS) is 30.5. The maximum absolute atomic E-state index is 14.3. The number of ether oxygens (including phenoxy) is 2. The van der Waals surface area contributed by atoms with Gasteiger partial charge in [0.05, 0.1) is 24.2 Å². The summed E-state index contributed by atoms with van der Waals surface area (Å²) in [6.45, 7) is 18.6. The largest absolute Gasteiger partial charge is 0.481 e. The molecule has 1 aromatic carbocycles. The Hall–Kier alpha value is -3.32. The van der Waals surface area contributed by atoms with Crippen molar-refractivity contribution in [3.8, 4) is 0 Å². The molecule has 0 radical (unpaired) electrons. The van der Waals surface area contributed by atoms with Crippen LogP contribution in [0.25, 0.3) is 0 Å². The van der Waals surface area contributed by atoms with E-state index in [1.54, 1.807) is 25.7 Å². The standard InChI is InChI=1S/C38H57BN4O8/c1-10-30(39-50-29-18-25-17-28(37(25,7)8)38(29,9)51-39)40-32(44)27-19-26(48-35(47)42-16-15-23-13-11-12-14-24(23)20-42)21-43(27)33(45)31(22(2)3)41-34(46)49-36(4,5)6/h11-14,22,25-31H,10,15-21H2,1-9H3,(H,40,44)(H,41,46)/t25-,26+,27-,28-,29+,30-,31-,38-/m0/s1. The Bertz CT molecular complexity index is 1510. The van der Waals surface area contributed by atoms with Crippen molar-refractivity contribution in [2.45, 2.75) is 142 Å². The van der Waals surface area contributed by atoms with Gasteiger partial charge in [-0.25, -0.2) is 9.59 Å². The Labute approximate surface area is 303 Å². The summed E-state index contributed by atoms with van der Waals surface area (Å²) in [4.78, 5) is 57.9. The molecular weight excluding hydrogens is 651 g/mol. The van der Waals surface area contributed by atoms with Crippen LogP contribution in [-0.2, 0) is 41.3 Å². The Kier molecular flexibility index (Phi) is 10.2. The molecule has 3 saturated carbocycles. The lowest BCUT2D eigenvalue weighted by Crippen LogP contribution is -2.65. The van der Waals surface area contributed by atoms with E-state index >= 15 is 0 Å². The average Bonchev–Trinajstić information content (AvgIpc) is 3.65. The van der Waals surface area contributed by atoms with Crippen LogP contribution in [0.4, 0.5) is 9.59 Å². The van der Waals surface area contributed by atoms with Gasteiger partial charge in [-0.3, -0.25) is 9.59 Å². The molecular formula is C38H57BN4O8. The molecule has 5 fully saturated rings. The highest BCUT2D eigenvalue weighted by Gasteiger charge is 2.68. The van der Waals surface area contributed by atoms with Crippen LogP contribution >= 0.6 is 0 Å². The van der Waals surface area contributed by atoms with Crippen molar-refractivity contribution < 1.29 is 38.0 Å². The monoisotopic (exact) mass is 708 g/mol. The van der Waals surface area contributed by atoms with Crippen LogP contribution in [0.5, 0.6) is 0 Å². The number of likely N-dealkylation sites (tertiary alicyclic amines) is 1. The Morgan fingerprint density at radius 1 is 1.04 bits per heavy atom. The van der Waals surface area contributed by atoms with E-state index in [4.69, 9.17) is 18.8 Å². The molecule has 3 aliphatic carbocycles. The molecule has 51 heavy (non-hydrogen) atoms. The highest BCUT2D eigenvalue weighted by Crippen LogP contribution is 2.65. The van der Waals surface area contributed by atoms with Crippen LogP contribution in [-0.4, -0.2) is 95.4 Å². The topological polar surface area (TPSA) is 136 Å². The SMILES string of the molecule is CC[C@H](NC(=O)[C@@H]1C[C@@H](OC(=O)N2CCc3ccccc3C2)CN1C(=O)[C@@H](NC(=O)OC(C)(C)C)C(C)C)B1O[C@@H]2C[C@@H]3C[C@@H](C3(C)C)[C@]2(C)O1. The second kappa shape index (κ2) is 13.9.